The molecule has 1 aromatic carbocycles. The Kier molecular flexibility index (Phi) is 3.78. The molecule has 2 N–H and O–H groups in total. The summed E-state index contributed by atoms with van der Waals surface area (Å²) in [6.45, 7) is 2.09. The third-order valence-electron chi connectivity index (χ3n) is 4.32. The molecular formula is C19H18N4S. The van der Waals surface area contributed by atoms with E-state index in [1.807, 2.05) is 36.7 Å². The molecule has 0 aliphatic carbocycles. The number of thiocarbonyl (C=S) groups is 1. The van der Waals surface area contributed by atoms with Gasteiger partial charge in [-0.1, -0.05) is 18.2 Å². The largest absolute Gasteiger partial charge is 0.363 e. The lowest BCUT2D eigenvalue weighted by molar-refractivity contribution is 0.558. The van der Waals surface area contributed by atoms with Gasteiger partial charge >= 0.3 is 0 Å². The van der Waals surface area contributed by atoms with Gasteiger partial charge in [-0.05, 0) is 61.1 Å². The minimum atomic E-state index is -0.00198. The van der Waals surface area contributed by atoms with Gasteiger partial charge in [-0.15, -0.1) is 0 Å². The van der Waals surface area contributed by atoms with Crippen LogP contribution in [0.5, 0.6) is 0 Å². The zero-order valence-corrected chi connectivity index (χ0v) is 14.1. The number of pyridine rings is 1. The topological polar surface area (TPSA) is 44.0 Å². The number of anilines is 1. The predicted molar refractivity (Wildman–Crippen MR) is 99.9 cm³/mol. The molecule has 3 aromatic rings. The fourth-order valence-corrected chi connectivity index (χ4v) is 3.60. The van der Waals surface area contributed by atoms with Crippen molar-refractivity contribution in [2.45, 2.75) is 19.0 Å². The average Bonchev–Trinajstić information content (AvgIpc) is 3.23. The second-order valence-electron chi connectivity index (χ2n) is 5.96. The number of aryl methyl sites for hydroxylation is 1. The highest BCUT2D eigenvalue weighted by atomic mass is 32.1. The number of rotatable bonds is 3. The molecular weight excluding hydrogens is 316 g/mol. The zero-order chi connectivity index (χ0) is 16.5. The van der Waals surface area contributed by atoms with Gasteiger partial charge < -0.3 is 15.2 Å². The van der Waals surface area contributed by atoms with Crippen LogP contribution in [0.1, 0.15) is 29.0 Å². The van der Waals surface area contributed by atoms with E-state index in [-0.39, 0.29) is 12.1 Å². The zero-order valence-electron chi connectivity index (χ0n) is 13.3. The third kappa shape index (κ3) is 2.57. The monoisotopic (exact) mass is 334 g/mol. The molecule has 1 aliphatic rings. The predicted octanol–water partition coefficient (Wildman–Crippen LogP) is 3.90. The maximum Gasteiger partial charge on any atom is 0.174 e. The first-order valence-corrected chi connectivity index (χ1v) is 8.35. The summed E-state index contributed by atoms with van der Waals surface area (Å²) >= 11 is 5.67. The molecule has 0 bridgehead atoms. The smallest absolute Gasteiger partial charge is 0.174 e. The molecule has 0 amide bonds. The normalized spacial score (nSPS) is 20.2. The minimum absolute atomic E-state index is 0.00198. The molecule has 120 valence electrons. The van der Waals surface area contributed by atoms with E-state index in [1.54, 1.807) is 0 Å². The second kappa shape index (κ2) is 6.09. The number of hydrogen-bond acceptors (Lipinski definition) is 2. The summed E-state index contributed by atoms with van der Waals surface area (Å²) in [5, 5.41) is 4.17. The first kappa shape index (κ1) is 14.9. The molecule has 4 rings (SSSR count). The van der Waals surface area contributed by atoms with Gasteiger partial charge in [-0.2, -0.15) is 0 Å². The van der Waals surface area contributed by atoms with Crippen molar-refractivity contribution in [2.24, 2.45) is 0 Å². The van der Waals surface area contributed by atoms with Crippen LogP contribution in [0.15, 0.2) is 67.0 Å². The van der Waals surface area contributed by atoms with Gasteiger partial charge in [0.2, 0.25) is 0 Å². The van der Waals surface area contributed by atoms with Gasteiger partial charge in [0.15, 0.2) is 5.11 Å². The van der Waals surface area contributed by atoms with E-state index < -0.39 is 0 Å². The SMILES string of the molecule is Cc1cccc(N2C(=S)N[C@@H](c3ccccn3)[C@H]2c2ccc[nH]2)c1. The Labute approximate surface area is 146 Å². The Morgan fingerprint density at radius 3 is 2.71 bits per heavy atom. The van der Waals surface area contributed by atoms with Crippen LogP contribution in [-0.4, -0.2) is 15.1 Å². The number of aromatic nitrogens is 2. The van der Waals surface area contributed by atoms with Crippen LogP contribution >= 0.6 is 12.2 Å². The standard InChI is InChI=1S/C19H18N4S/c1-13-6-4-7-14(12-13)23-18(16-9-5-11-21-16)17(22-19(23)24)15-8-2-3-10-20-15/h2-12,17-18,21H,1H3,(H,22,24)/t17-,18+/m0/s1. The van der Waals surface area contributed by atoms with Gasteiger partial charge in [0.25, 0.3) is 0 Å². The highest BCUT2D eigenvalue weighted by Crippen LogP contribution is 2.40. The van der Waals surface area contributed by atoms with Crippen LogP contribution < -0.4 is 10.2 Å². The summed E-state index contributed by atoms with van der Waals surface area (Å²) in [5.41, 5.74) is 4.39. The molecule has 24 heavy (non-hydrogen) atoms. The van der Waals surface area contributed by atoms with Gasteiger partial charge in [0, 0.05) is 23.8 Å². The van der Waals surface area contributed by atoms with E-state index in [0.29, 0.717) is 0 Å². The van der Waals surface area contributed by atoms with Crippen LogP contribution in [-0.2, 0) is 0 Å². The van der Waals surface area contributed by atoms with Crippen LogP contribution in [0.4, 0.5) is 5.69 Å². The van der Waals surface area contributed by atoms with E-state index in [4.69, 9.17) is 12.2 Å². The Balaban J connectivity index is 1.82. The van der Waals surface area contributed by atoms with Gasteiger partial charge in [0.05, 0.1) is 11.7 Å². The second-order valence-corrected chi connectivity index (χ2v) is 6.35. The Morgan fingerprint density at radius 1 is 1.08 bits per heavy atom. The van der Waals surface area contributed by atoms with Gasteiger partial charge in [-0.25, -0.2) is 0 Å². The van der Waals surface area contributed by atoms with Crippen molar-refractivity contribution in [1.29, 1.82) is 0 Å². The molecule has 0 radical (unpaired) electrons. The van der Waals surface area contributed by atoms with Gasteiger partial charge in [0.1, 0.15) is 6.04 Å². The van der Waals surface area contributed by atoms with E-state index in [2.05, 4.69) is 57.4 Å². The molecule has 2 aromatic heterocycles. The lowest BCUT2D eigenvalue weighted by Crippen LogP contribution is -2.29. The van der Waals surface area contributed by atoms with Crippen molar-refractivity contribution in [1.82, 2.24) is 15.3 Å². The molecule has 0 spiro atoms. The van der Waals surface area contributed by atoms with Crippen LogP contribution in [0.2, 0.25) is 0 Å². The fourth-order valence-electron chi connectivity index (χ4n) is 3.26. The maximum absolute atomic E-state index is 5.67. The number of H-pyrrole nitrogens is 1. The summed E-state index contributed by atoms with van der Waals surface area (Å²) in [6.07, 6.45) is 3.77. The number of benzene rings is 1. The molecule has 1 saturated heterocycles. The number of nitrogens with zero attached hydrogens (tertiary/aromatic N) is 2. The van der Waals surface area contributed by atoms with Crippen LogP contribution in [0.3, 0.4) is 0 Å². The lowest BCUT2D eigenvalue weighted by Gasteiger charge is -2.27. The molecule has 2 atom stereocenters. The first-order chi connectivity index (χ1) is 11.7. The molecule has 3 heterocycles. The summed E-state index contributed by atoms with van der Waals surface area (Å²) in [4.78, 5) is 10.1. The molecule has 5 heteroatoms. The highest BCUT2D eigenvalue weighted by molar-refractivity contribution is 7.80. The minimum Gasteiger partial charge on any atom is -0.363 e. The summed E-state index contributed by atoms with van der Waals surface area (Å²) in [6, 6.07) is 18.5. The highest BCUT2D eigenvalue weighted by Gasteiger charge is 2.41. The summed E-state index contributed by atoms with van der Waals surface area (Å²) in [5.74, 6) is 0. The maximum atomic E-state index is 5.67. The molecule has 0 saturated carbocycles. The number of aromatic amines is 1. The fraction of sp³-hybridized carbons (Fsp3) is 0.158. The third-order valence-corrected chi connectivity index (χ3v) is 4.63. The van der Waals surface area contributed by atoms with Crippen molar-refractivity contribution >= 4 is 23.0 Å². The Hall–Kier alpha value is -2.66. The Bertz CT molecular complexity index is 845. The van der Waals surface area contributed by atoms with Crippen molar-refractivity contribution in [3.63, 3.8) is 0 Å². The number of nitrogens with one attached hydrogen (secondary N) is 2. The van der Waals surface area contributed by atoms with E-state index in [1.165, 1.54) is 5.56 Å². The van der Waals surface area contributed by atoms with E-state index >= 15 is 0 Å². The Morgan fingerprint density at radius 2 is 2.00 bits per heavy atom. The van der Waals surface area contributed by atoms with Crippen molar-refractivity contribution in [2.75, 3.05) is 4.90 Å². The van der Waals surface area contributed by atoms with Crippen molar-refractivity contribution in [3.8, 4) is 0 Å². The summed E-state index contributed by atoms with van der Waals surface area (Å²) in [7, 11) is 0. The molecule has 0 unspecified atom stereocenters. The lowest BCUT2D eigenvalue weighted by atomic mass is 10.0. The van der Waals surface area contributed by atoms with Gasteiger partial charge in [-0.3, -0.25) is 4.98 Å². The van der Waals surface area contributed by atoms with Crippen LogP contribution in [0.25, 0.3) is 0 Å². The van der Waals surface area contributed by atoms with E-state index in [9.17, 15) is 0 Å². The summed E-state index contributed by atoms with van der Waals surface area (Å²) < 4.78 is 0. The molecule has 1 fully saturated rings. The van der Waals surface area contributed by atoms with Crippen molar-refractivity contribution in [3.05, 3.63) is 83.9 Å². The van der Waals surface area contributed by atoms with E-state index in [0.717, 1.165) is 22.2 Å². The average molecular weight is 334 g/mol. The quantitative estimate of drug-likeness (QED) is 0.713. The van der Waals surface area contributed by atoms with Crippen LogP contribution in [0, 0.1) is 6.92 Å². The first-order valence-electron chi connectivity index (χ1n) is 7.94. The van der Waals surface area contributed by atoms with Crippen molar-refractivity contribution < 1.29 is 0 Å². The number of hydrogen-bond donors (Lipinski definition) is 2. The molecule has 4 nitrogen and oxygen atoms in total. The molecule has 1 aliphatic heterocycles.